The van der Waals surface area contributed by atoms with Crippen LogP contribution in [0.15, 0.2) is 36.7 Å². The van der Waals surface area contributed by atoms with Crippen LogP contribution < -0.4 is 5.32 Å². The average molecular weight is 390 g/mol. The number of hydrogen-bond donors (Lipinski definition) is 1. The second kappa shape index (κ2) is 7.03. The van der Waals surface area contributed by atoms with Gasteiger partial charge in [-0.1, -0.05) is 29.8 Å². The number of carbonyl (C=O) groups excluding carboxylic acids is 1. The number of aromatic nitrogens is 2. The van der Waals surface area contributed by atoms with Crippen LogP contribution in [0, 0.1) is 0 Å². The SMILES string of the molecule is O=C(Nc1cnn(COCC(F)(F)F)c1)c1sc2ccccc2c1Cl. The summed E-state index contributed by atoms with van der Waals surface area (Å²) >= 11 is 7.49. The number of hydrogen-bond acceptors (Lipinski definition) is 4. The average Bonchev–Trinajstić information content (AvgIpc) is 3.11. The minimum absolute atomic E-state index is 0.328. The van der Waals surface area contributed by atoms with E-state index in [4.69, 9.17) is 11.6 Å². The van der Waals surface area contributed by atoms with E-state index in [1.165, 1.54) is 23.7 Å². The number of rotatable bonds is 5. The van der Waals surface area contributed by atoms with Crippen LogP contribution in [0.1, 0.15) is 9.67 Å². The number of fused-ring (bicyclic) bond motifs is 1. The first-order valence-corrected chi connectivity index (χ1v) is 8.18. The third kappa shape index (κ3) is 4.30. The molecular formula is C15H11ClF3N3O2S. The van der Waals surface area contributed by atoms with E-state index in [0.717, 1.165) is 14.8 Å². The summed E-state index contributed by atoms with van der Waals surface area (Å²) in [5.41, 5.74) is 0.328. The molecule has 3 rings (SSSR count). The van der Waals surface area contributed by atoms with E-state index in [9.17, 15) is 18.0 Å². The van der Waals surface area contributed by atoms with Gasteiger partial charge in [0.1, 0.15) is 18.2 Å². The van der Waals surface area contributed by atoms with Crippen LogP contribution >= 0.6 is 22.9 Å². The molecular weight excluding hydrogens is 379 g/mol. The minimum Gasteiger partial charge on any atom is -0.350 e. The van der Waals surface area contributed by atoms with Gasteiger partial charge in [0.25, 0.3) is 5.91 Å². The van der Waals surface area contributed by atoms with Crippen molar-refractivity contribution in [2.75, 3.05) is 11.9 Å². The molecule has 0 aliphatic carbocycles. The summed E-state index contributed by atoms with van der Waals surface area (Å²) in [6.07, 6.45) is -1.71. The van der Waals surface area contributed by atoms with Gasteiger partial charge in [-0.15, -0.1) is 11.3 Å². The molecule has 0 saturated carbocycles. The molecule has 132 valence electrons. The summed E-state index contributed by atoms with van der Waals surface area (Å²) < 4.78 is 42.6. The Kier molecular flexibility index (Phi) is 4.98. The smallest absolute Gasteiger partial charge is 0.350 e. The van der Waals surface area contributed by atoms with Crippen molar-refractivity contribution in [3.8, 4) is 0 Å². The largest absolute Gasteiger partial charge is 0.411 e. The van der Waals surface area contributed by atoms with Gasteiger partial charge in [0, 0.05) is 10.1 Å². The molecule has 10 heteroatoms. The van der Waals surface area contributed by atoms with Crippen molar-refractivity contribution in [1.29, 1.82) is 0 Å². The van der Waals surface area contributed by atoms with Crippen LogP contribution in [0.25, 0.3) is 10.1 Å². The topological polar surface area (TPSA) is 56.2 Å². The van der Waals surface area contributed by atoms with Crippen molar-refractivity contribution in [2.45, 2.75) is 12.9 Å². The van der Waals surface area contributed by atoms with E-state index < -0.39 is 18.7 Å². The highest BCUT2D eigenvalue weighted by atomic mass is 35.5. The molecule has 1 N–H and O–H groups in total. The molecule has 0 aliphatic rings. The Balaban J connectivity index is 1.66. The van der Waals surface area contributed by atoms with Crippen molar-refractivity contribution in [2.24, 2.45) is 0 Å². The van der Waals surface area contributed by atoms with Crippen molar-refractivity contribution in [3.63, 3.8) is 0 Å². The lowest BCUT2D eigenvalue weighted by Crippen LogP contribution is -2.18. The van der Waals surface area contributed by atoms with Gasteiger partial charge >= 0.3 is 6.18 Å². The highest BCUT2D eigenvalue weighted by Gasteiger charge is 2.27. The van der Waals surface area contributed by atoms with Gasteiger partial charge in [-0.2, -0.15) is 18.3 Å². The fraction of sp³-hybridized carbons (Fsp3) is 0.200. The van der Waals surface area contributed by atoms with Crippen molar-refractivity contribution in [3.05, 3.63) is 46.6 Å². The molecule has 0 bridgehead atoms. The normalized spacial score (nSPS) is 11.8. The van der Waals surface area contributed by atoms with Crippen LogP contribution in [0.5, 0.6) is 0 Å². The summed E-state index contributed by atoms with van der Waals surface area (Å²) in [7, 11) is 0. The molecule has 25 heavy (non-hydrogen) atoms. The zero-order chi connectivity index (χ0) is 18.0. The first-order chi connectivity index (χ1) is 11.8. The first-order valence-electron chi connectivity index (χ1n) is 6.99. The Morgan fingerprint density at radius 1 is 1.36 bits per heavy atom. The molecule has 0 aliphatic heterocycles. The Hall–Kier alpha value is -2.10. The third-order valence-corrected chi connectivity index (χ3v) is 4.80. The summed E-state index contributed by atoms with van der Waals surface area (Å²) in [4.78, 5) is 12.7. The van der Waals surface area contributed by atoms with Gasteiger partial charge in [0.05, 0.1) is 23.1 Å². The predicted octanol–water partition coefficient (Wildman–Crippen LogP) is 4.54. The second-order valence-corrected chi connectivity index (χ2v) is 6.49. The standard InChI is InChI=1S/C15H11ClF3N3O2S/c16-12-10-3-1-2-4-11(10)25-13(12)14(23)21-9-5-20-22(6-9)8-24-7-15(17,18)19/h1-6H,7-8H2,(H,21,23). The van der Waals surface area contributed by atoms with Crippen LogP contribution in [-0.4, -0.2) is 28.5 Å². The Bertz CT molecular complexity index is 907. The van der Waals surface area contributed by atoms with Crippen LogP contribution in [0.2, 0.25) is 5.02 Å². The first kappa shape index (κ1) is 17.7. The third-order valence-electron chi connectivity index (χ3n) is 3.12. The Labute approximate surface area is 149 Å². The fourth-order valence-electron chi connectivity index (χ4n) is 2.10. The fourth-order valence-corrected chi connectivity index (χ4v) is 3.51. The van der Waals surface area contributed by atoms with Crippen LogP contribution in [0.4, 0.5) is 18.9 Å². The molecule has 3 aromatic rings. The molecule has 2 heterocycles. The minimum atomic E-state index is -4.40. The molecule has 2 aromatic heterocycles. The zero-order valence-electron chi connectivity index (χ0n) is 12.5. The molecule has 0 spiro atoms. The number of halogens is 4. The highest BCUT2D eigenvalue weighted by molar-refractivity contribution is 7.21. The van der Waals surface area contributed by atoms with Gasteiger partial charge in [-0.25, -0.2) is 4.68 Å². The van der Waals surface area contributed by atoms with Crippen molar-refractivity contribution < 1.29 is 22.7 Å². The maximum absolute atomic E-state index is 12.4. The molecule has 1 aromatic carbocycles. The molecule has 0 radical (unpaired) electrons. The van der Waals surface area contributed by atoms with Gasteiger partial charge in [-0.3, -0.25) is 4.79 Å². The van der Waals surface area contributed by atoms with E-state index in [1.54, 1.807) is 0 Å². The number of alkyl halides is 3. The summed E-state index contributed by atoms with van der Waals surface area (Å²) in [5, 5.41) is 7.59. The summed E-state index contributed by atoms with van der Waals surface area (Å²) in [5.74, 6) is -0.415. The highest BCUT2D eigenvalue weighted by Crippen LogP contribution is 2.35. The second-order valence-electron chi connectivity index (χ2n) is 5.06. The molecule has 1 amide bonds. The summed E-state index contributed by atoms with van der Waals surface area (Å²) in [6.45, 7) is -1.75. The Morgan fingerprint density at radius 2 is 2.12 bits per heavy atom. The quantitative estimate of drug-likeness (QED) is 0.697. The monoisotopic (exact) mass is 389 g/mol. The van der Waals surface area contributed by atoms with Crippen LogP contribution in [0.3, 0.4) is 0 Å². The lowest BCUT2D eigenvalue weighted by atomic mass is 10.2. The maximum Gasteiger partial charge on any atom is 0.411 e. The van der Waals surface area contributed by atoms with E-state index in [0.29, 0.717) is 15.6 Å². The number of carbonyl (C=O) groups is 1. The van der Waals surface area contributed by atoms with Gasteiger partial charge < -0.3 is 10.1 Å². The summed E-state index contributed by atoms with van der Waals surface area (Å²) in [6, 6.07) is 7.36. The molecule has 0 unspecified atom stereocenters. The van der Waals surface area contributed by atoms with Gasteiger partial charge in [0.15, 0.2) is 0 Å². The molecule has 0 fully saturated rings. The zero-order valence-corrected chi connectivity index (χ0v) is 14.1. The van der Waals surface area contributed by atoms with Crippen molar-refractivity contribution in [1.82, 2.24) is 9.78 Å². The van der Waals surface area contributed by atoms with Gasteiger partial charge in [-0.05, 0) is 6.07 Å². The van der Waals surface area contributed by atoms with E-state index in [-0.39, 0.29) is 6.73 Å². The predicted molar refractivity (Wildman–Crippen MR) is 89.0 cm³/mol. The number of anilines is 1. The number of benzene rings is 1. The van der Waals surface area contributed by atoms with E-state index >= 15 is 0 Å². The molecule has 0 saturated heterocycles. The molecule has 0 atom stereocenters. The number of amides is 1. The van der Waals surface area contributed by atoms with E-state index in [1.807, 2.05) is 24.3 Å². The lowest BCUT2D eigenvalue weighted by Gasteiger charge is -2.07. The van der Waals surface area contributed by atoms with Crippen molar-refractivity contribution >= 4 is 44.6 Å². The number of thiophene rings is 1. The number of nitrogens with zero attached hydrogens (tertiary/aromatic N) is 2. The Morgan fingerprint density at radius 3 is 2.84 bits per heavy atom. The lowest BCUT2D eigenvalue weighted by molar-refractivity contribution is -0.182. The number of nitrogens with one attached hydrogen (secondary N) is 1. The van der Waals surface area contributed by atoms with Crippen LogP contribution in [-0.2, 0) is 11.5 Å². The molecule has 5 nitrogen and oxygen atoms in total. The number of ether oxygens (including phenoxy) is 1. The van der Waals surface area contributed by atoms with E-state index in [2.05, 4.69) is 15.2 Å². The maximum atomic E-state index is 12.4. The van der Waals surface area contributed by atoms with Gasteiger partial charge in [0.2, 0.25) is 0 Å².